The first-order valence-corrected chi connectivity index (χ1v) is 5.39. The Morgan fingerprint density at radius 3 is 3.00 bits per heavy atom. The van der Waals surface area contributed by atoms with Gasteiger partial charge in [0.25, 0.3) is 0 Å². The van der Waals surface area contributed by atoms with E-state index in [-0.39, 0.29) is 0 Å². The average molecular weight is 198 g/mol. The van der Waals surface area contributed by atoms with Crippen LogP contribution in [0, 0.1) is 6.92 Å². The van der Waals surface area contributed by atoms with Gasteiger partial charge in [0, 0.05) is 12.5 Å². The summed E-state index contributed by atoms with van der Waals surface area (Å²) in [5.41, 5.74) is 6.73. The molecule has 2 N–H and O–H groups in total. The second-order valence-corrected chi connectivity index (χ2v) is 4.48. The number of hydrogen-bond acceptors (Lipinski definition) is 4. The van der Waals surface area contributed by atoms with E-state index in [2.05, 4.69) is 4.98 Å². The molecule has 2 rings (SSSR count). The Balaban J connectivity index is 2.14. The number of nitrogens with two attached hydrogens (primary N) is 1. The highest BCUT2D eigenvalue weighted by Gasteiger charge is 2.19. The van der Waals surface area contributed by atoms with Gasteiger partial charge in [0.05, 0.1) is 12.3 Å². The summed E-state index contributed by atoms with van der Waals surface area (Å²) < 4.78 is 5.41. The van der Waals surface area contributed by atoms with Crippen molar-refractivity contribution in [3.05, 3.63) is 10.7 Å². The smallest absolute Gasteiger partial charge is 0.109 e. The van der Waals surface area contributed by atoms with E-state index in [9.17, 15) is 0 Å². The predicted octanol–water partition coefficient (Wildman–Crippen LogP) is 1.93. The van der Waals surface area contributed by atoms with Crippen molar-refractivity contribution in [1.29, 1.82) is 0 Å². The summed E-state index contributed by atoms with van der Waals surface area (Å²) in [6.45, 7) is 3.67. The molecule has 0 spiro atoms. The molecule has 2 heterocycles. The monoisotopic (exact) mass is 198 g/mol. The Morgan fingerprint density at radius 1 is 1.62 bits per heavy atom. The fourth-order valence-corrected chi connectivity index (χ4v) is 2.49. The Bertz CT molecular complexity index is 272. The van der Waals surface area contributed by atoms with Crippen LogP contribution in [0.25, 0.3) is 0 Å². The molecule has 4 heteroatoms. The predicted molar refractivity (Wildman–Crippen MR) is 54.1 cm³/mol. The fourth-order valence-electron chi connectivity index (χ4n) is 1.54. The normalized spacial score (nSPS) is 23.3. The first-order chi connectivity index (χ1) is 6.27. The summed E-state index contributed by atoms with van der Waals surface area (Å²) in [7, 11) is 0. The van der Waals surface area contributed by atoms with Crippen molar-refractivity contribution >= 4 is 16.3 Å². The van der Waals surface area contributed by atoms with Gasteiger partial charge in [-0.3, -0.25) is 0 Å². The minimum atomic E-state index is 0.481. The van der Waals surface area contributed by atoms with Gasteiger partial charge in [-0.2, -0.15) is 0 Å². The summed E-state index contributed by atoms with van der Waals surface area (Å²) in [4.78, 5) is 4.45. The van der Waals surface area contributed by atoms with Crippen LogP contribution in [0.1, 0.15) is 29.5 Å². The molecule has 1 saturated heterocycles. The zero-order valence-electron chi connectivity index (χ0n) is 7.75. The number of hydrogen-bond donors (Lipinski definition) is 1. The van der Waals surface area contributed by atoms with E-state index in [0.29, 0.717) is 5.92 Å². The van der Waals surface area contributed by atoms with E-state index in [1.807, 2.05) is 6.92 Å². The topological polar surface area (TPSA) is 48.1 Å². The molecule has 72 valence electrons. The Hall–Kier alpha value is -0.610. The SMILES string of the molecule is Cc1nc(C2CCCOC2)sc1N. The number of nitrogen functional groups attached to an aromatic ring is 1. The third kappa shape index (κ3) is 1.84. The van der Waals surface area contributed by atoms with Crippen LogP contribution in [0.5, 0.6) is 0 Å². The number of aromatic nitrogens is 1. The lowest BCUT2D eigenvalue weighted by atomic mass is 10.0. The number of rotatable bonds is 1. The van der Waals surface area contributed by atoms with E-state index < -0.39 is 0 Å². The van der Waals surface area contributed by atoms with Crippen LogP contribution in [0.15, 0.2) is 0 Å². The van der Waals surface area contributed by atoms with Gasteiger partial charge in [-0.25, -0.2) is 4.98 Å². The number of thiazole rings is 1. The van der Waals surface area contributed by atoms with Crippen molar-refractivity contribution in [2.45, 2.75) is 25.7 Å². The van der Waals surface area contributed by atoms with Gasteiger partial charge in [-0.1, -0.05) is 0 Å². The van der Waals surface area contributed by atoms with E-state index in [0.717, 1.165) is 35.3 Å². The van der Waals surface area contributed by atoms with Gasteiger partial charge in [0.2, 0.25) is 0 Å². The van der Waals surface area contributed by atoms with Crippen molar-refractivity contribution < 1.29 is 4.74 Å². The summed E-state index contributed by atoms with van der Waals surface area (Å²) in [6.07, 6.45) is 2.33. The molecule has 1 aromatic rings. The molecule has 0 amide bonds. The lowest BCUT2D eigenvalue weighted by molar-refractivity contribution is 0.0803. The standard InChI is InChI=1S/C9H14N2OS/c1-6-8(10)13-9(11-6)7-3-2-4-12-5-7/h7H,2-5,10H2,1H3. The summed E-state index contributed by atoms with van der Waals surface area (Å²) >= 11 is 1.61. The van der Waals surface area contributed by atoms with Crippen molar-refractivity contribution in [2.24, 2.45) is 0 Å². The van der Waals surface area contributed by atoms with E-state index in [1.165, 1.54) is 6.42 Å². The lowest BCUT2D eigenvalue weighted by Gasteiger charge is -2.19. The van der Waals surface area contributed by atoms with Crippen LogP contribution in [0.3, 0.4) is 0 Å². The summed E-state index contributed by atoms with van der Waals surface area (Å²) in [6, 6.07) is 0. The van der Waals surface area contributed by atoms with Crippen LogP contribution in [0.4, 0.5) is 5.00 Å². The van der Waals surface area contributed by atoms with E-state index >= 15 is 0 Å². The van der Waals surface area contributed by atoms with Gasteiger partial charge in [-0.15, -0.1) is 11.3 Å². The van der Waals surface area contributed by atoms with Gasteiger partial charge in [0.15, 0.2) is 0 Å². The number of anilines is 1. The van der Waals surface area contributed by atoms with Crippen LogP contribution in [-0.2, 0) is 4.74 Å². The highest BCUT2D eigenvalue weighted by atomic mass is 32.1. The van der Waals surface area contributed by atoms with Crippen molar-refractivity contribution in [1.82, 2.24) is 4.98 Å². The fraction of sp³-hybridized carbons (Fsp3) is 0.667. The molecule has 1 aliphatic heterocycles. The summed E-state index contributed by atoms with van der Waals surface area (Å²) in [5, 5.41) is 2.00. The van der Waals surface area contributed by atoms with Crippen molar-refractivity contribution in [2.75, 3.05) is 18.9 Å². The molecule has 1 fully saturated rings. The molecule has 1 aromatic heterocycles. The maximum Gasteiger partial charge on any atom is 0.109 e. The lowest BCUT2D eigenvalue weighted by Crippen LogP contribution is -2.15. The largest absolute Gasteiger partial charge is 0.389 e. The zero-order chi connectivity index (χ0) is 9.26. The van der Waals surface area contributed by atoms with Crippen LogP contribution >= 0.6 is 11.3 Å². The minimum Gasteiger partial charge on any atom is -0.389 e. The van der Waals surface area contributed by atoms with Crippen LogP contribution < -0.4 is 5.73 Å². The number of nitrogens with zero attached hydrogens (tertiary/aromatic N) is 1. The molecule has 0 radical (unpaired) electrons. The van der Waals surface area contributed by atoms with Gasteiger partial charge < -0.3 is 10.5 Å². The quantitative estimate of drug-likeness (QED) is 0.750. The maximum atomic E-state index is 5.76. The third-order valence-electron chi connectivity index (χ3n) is 2.36. The maximum absolute atomic E-state index is 5.76. The molecule has 13 heavy (non-hydrogen) atoms. The van der Waals surface area contributed by atoms with E-state index in [4.69, 9.17) is 10.5 Å². The molecular formula is C9H14N2OS. The molecule has 1 unspecified atom stereocenters. The van der Waals surface area contributed by atoms with Crippen LogP contribution in [-0.4, -0.2) is 18.2 Å². The molecule has 0 saturated carbocycles. The molecule has 1 atom stereocenters. The number of ether oxygens (including phenoxy) is 1. The second-order valence-electron chi connectivity index (χ2n) is 3.42. The highest BCUT2D eigenvalue weighted by molar-refractivity contribution is 7.15. The molecule has 0 aromatic carbocycles. The average Bonchev–Trinajstić information content (AvgIpc) is 2.49. The molecule has 0 bridgehead atoms. The van der Waals surface area contributed by atoms with Crippen LogP contribution in [0.2, 0.25) is 0 Å². The molecule has 0 aliphatic carbocycles. The Morgan fingerprint density at radius 2 is 2.46 bits per heavy atom. The molecular weight excluding hydrogens is 184 g/mol. The summed E-state index contributed by atoms with van der Waals surface area (Å²) in [5.74, 6) is 0.481. The van der Waals surface area contributed by atoms with E-state index in [1.54, 1.807) is 11.3 Å². The zero-order valence-corrected chi connectivity index (χ0v) is 8.56. The van der Waals surface area contributed by atoms with Gasteiger partial charge >= 0.3 is 0 Å². The van der Waals surface area contributed by atoms with Gasteiger partial charge in [-0.05, 0) is 19.8 Å². The first kappa shape index (κ1) is 8.97. The van der Waals surface area contributed by atoms with Crippen molar-refractivity contribution in [3.63, 3.8) is 0 Å². The van der Waals surface area contributed by atoms with Gasteiger partial charge in [0.1, 0.15) is 10.0 Å². The first-order valence-electron chi connectivity index (χ1n) is 4.58. The van der Waals surface area contributed by atoms with Crippen molar-refractivity contribution in [3.8, 4) is 0 Å². The second kappa shape index (κ2) is 3.64. The third-order valence-corrected chi connectivity index (χ3v) is 3.51. The minimum absolute atomic E-state index is 0.481. The Labute approximate surface area is 81.9 Å². The highest BCUT2D eigenvalue weighted by Crippen LogP contribution is 2.31. The Kier molecular flexibility index (Phi) is 2.51. The molecule has 3 nitrogen and oxygen atoms in total. The number of aryl methyl sites for hydroxylation is 1. The molecule has 1 aliphatic rings.